The lowest BCUT2D eigenvalue weighted by molar-refractivity contribution is -0.143. The van der Waals surface area contributed by atoms with E-state index in [2.05, 4.69) is 12.2 Å². The molecule has 1 N–H and O–H groups in total. The molecule has 0 aliphatic heterocycles. The zero-order valence-corrected chi connectivity index (χ0v) is 13.0. The second kappa shape index (κ2) is 5.75. The fourth-order valence-corrected chi connectivity index (χ4v) is 5.86. The molecule has 4 aliphatic carbocycles. The van der Waals surface area contributed by atoms with Crippen molar-refractivity contribution in [3.8, 4) is 0 Å². The number of nitrogens with one attached hydrogen (secondary N) is 1. The number of hydrogen-bond donors (Lipinski definition) is 1. The Morgan fingerprint density at radius 1 is 1.05 bits per heavy atom. The van der Waals surface area contributed by atoms with Crippen LogP contribution >= 0.6 is 0 Å². The van der Waals surface area contributed by atoms with Crippen LogP contribution in [-0.4, -0.2) is 18.8 Å². The maximum atomic E-state index is 12.7. The molecule has 4 saturated carbocycles. The summed E-state index contributed by atoms with van der Waals surface area (Å²) >= 11 is 0. The lowest BCUT2D eigenvalue weighted by atomic mass is 9.47. The summed E-state index contributed by atoms with van der Waals surface area (Å²) in [6.45, 7) is 2.94. The van der Waals surface area contributed by atoms with Crippen molar-refractivity contribution in [2.24, 2.45) is 23.2 Å². The molecule has 0 aromatic carbocycles. The van der Waals surface area contributed by atoms with E-state index in [1.54, 1.807) is 0 Å². The SMILES string of the molecule is CCCNC(CCC(F)(F)F)C12CC3CC(CC(C3)C1)C2. The molecule has 0 aromatic heterocycles. The molecule has 0 heterocycles. The van der Waals surface area contributed by atoms with E-state index in [-0.39, 0.29) is 17.9 Å². The molecular formula is C17H28F3N. The van der Waals surface area contributed by atoms with Crippen LogP contribution in [-0.2, 0) is 0 Å². The Labute approximate surface area is 126 Å². The van der Waals surface area contributed by atoms with Gasteiger partial charge < -0.3 is 5.32 Å². The van der Waals surface area contributed by atoms with Crippen molar-refractivity contribution < 1.29 is 13.2 Å². The van der Waals surface area contributed by atoms with E-state index in [0.29, 0.717) is 0 Å². The Kier molecular flexibility index (Phi) is 4.28. The van der Waals surface area contributed by atoms with Crippen LogP contribution in [0.1, 0.15) is 64.7 Å². The molecule has 4 fully saturated rings. The molecule has 122 valence electrons. The maximum absolute atomic E-state index is 12.7. The van der Waals surface area contributed by atoms with Crippen molar-refractivity contribution in [2.75, 3.05) is 6.54 Å². The van der Waals surface area contributed by atoms with E-state index in [1.807, 2.05) is 0 Å². The maximum Gasteiger partial charge on any atom is 0.389 e. The number of rotatable bonds is 6. The minimum Gasteiger partial charge on any atom is -0.313 e. The third-order valence-corrected chi connectivity index (χ3v) is 6.18. The molecule has 4 rings (SSSR count). The summed E-state index contributed by atoms with van der Waals surface area (Å²) in [5, 5.41) is 3.50. The molecular weight excluding hydrogens is 275 g/mol. The first kappa shape index (κ1) is 15.6. The lowest BCUT2D eigenvalue weighted by Gasteiger charge is -2.59. The summed E-state index contributed by atoms with van der Waals surface area (Å²) in [5.74, 6) is 2.40. The van der Waals surface area contributed by atoms with Crippen LogP contribution in [0.3, 0.4) is 0 Å². The average Bonchev–Trinajstić information content (AvgIpc) is 2.35. The van der Waals surface area contributed by atoms with Crippen LogP contribution in [0.5, 0.6) is 0 Å². The normalized spacial score (nSPS) is 39.7. The van der Waals surface area contributed by atoms with Gasteiger partial charge in [0.2, 0.25) is 0 Å². The first-order valence-corrected chi connectivity index (χ1v) is 8.70. The molecule has 4 heteroatoms. The number of halogens is 3. The van der Waals surface area contributed by atoms with E-state index >= 15 is 0 Å². The number of alkyl halides is 3. The van der Waals surface area contributed by atoms with E-state index < -0.39 is 12.6 Å². The van der Waals surface area contributed by atoms with Crippen molar-refractivity contribution in [3.05, 3.63) is 0 Å². The summed E-state index contributed by atoms with van der Waals surface area (Å²) in [4.78, 5) is 0. The number of hydrogen-bond acceptors (Lipinski definition) is 1. The topological polar surface area (TPSA) is 12.0 Å². The van der Waals surface area contributed by atoms with E-state index in [0.717, 1.165) is 30.7 Å². The van der Waals surface area contributed by atoms with E-state index in [4.69, 9.17) is 0 Å². The summed E-state index contributed by atoms with van der Waals surface area (Å²) in [7, 11) is 0. The van der Waals surface area contributed by atoms with Crippen LogP contribution in [0.2, 0.25) is 0 Å². The van der Waals surface area contributed by atoms with Crippen molar-refractivity contribution in [1.82, 2.24) is 5.32 Å². The zero-order valence-electron chi connectivity index (χ0n) is 13.0. The Bertz CT molecular complexity index is 328. The smallest absolute Gasteiger partial charge is 0.313 e. The fraction of sp³-hybridized carbons (Fsp3) is 1.00. The molecule has 1 atom stereocenters. The van der Waals surface area contributed by atoms with Crippen molar-refractivity contribution in [1.29, 1.82) is 0 Å². The van der Waals surface area contributed by atoms with Crippen molar-refractivity contribution in [2.45, 2.75) is 76.9 Å². The highest BCUT2D eigenvalue weighted by atomic mass is 19.4. The van der Waals surface area contributed by atoms with Crippen LogP contribution < -0.4 is 5.32 Å². The Morgan fingerprint density at radius 3 is 2.00 bits per heavy atom. The molecule has 0 saturated heterocycles. The highest BCUT2D eigenvalue weighted by molar-refractivity contribution is 5.06. The third-order valence-electron chi connectivity index (χ3n) is 6.18. The zero-order chi connectivity index (χ0) is 15.1. The monoisotopic (exact) mass is 303 g/mol. The lowest BCUT2D eigenvalue weighted by Crippen LogP contribution is -2.56. The first-order chi connectivity index (χ1) is 9.90. The first-order valence-electron chi connectivity index (χ1n) is 8.70. The van der Waals surface area contributed by atoms with Gasteiger partial charge in [-0.3, -0.25) is 0 Å². The van der Waals surface area contributed by atoms with Crippen LogP contribution in [0.15, 0.2) is 0 Å². The highest BCUT2D eigenvalue weighted by Gasteiger charge is 2.54. The minimum atomic E-state index is -4.02. The minimum absolute atomic E-state index is 0.0764. The summed E-state index contributed by atoms with van der Waals surface area (Å²) in [6, 6.07) is 0.0764. The standard InChI is InChI=1S/C17H28F3N/c1-2-5-21-15(3-4-17(18,19)20)16-9-12-6-13(10-16)8-14(7-12)11-16/h12-15,21H,2-11H2,1H3. The highest BCUT2D eigenvalue weighted by Crippen LogP contribution is 2.61. The second-order valence-electron chi connectivity index (χ2n) is 7.94. The van der Waals surface area contributed by atoms with Gasteiger partial charge in [-0.2, -0.15) is 13.2 Å². The molecule has 0 amide bonds. The van der Waals surface area contributed by atoms with Crippen molar-refractivity contribution >= 4 is 0 Å². The quantitative estimate of drug-likeness (QED) is 0.735. The molecule has 0 spiro atoms. The van der Waals surface area contributed by atoms with Crippen LogP contribution in [0.25, 0.3) is 0 Å². The van der Waals surface area contributed by atoms with Crippen LogP contribution in [0.4, 0.5) is 13.2 Å². The van der Waals surface area contributed by atoms with Gasteiger partial charge in [-0.1, -0.05) is 6.92 Å². The predicted octanol–water partition coefficient (Wildman–Crippen LogP) is 4.91. The summed E-state index contributed by atoms with van der Waals surface area (Å²) in [5.41, 5.74) is 0.176. The van der Waals surface area contributed by atoms with Gasteiger partial charge in [0.25, 0.3) is 0 Å². The molecule has 21 heavy (non-hydrogen) atoms. The van der Waals surface area contributed by atoms with Gasteiger partial charge in [0.05, 0.1) is 0 Å². The van der Waals surface area contributed by atoms with Gasteiger partial charge in [0, 0.05) is 12.5 Å². The van der Waals surface area contributed by atoms with Gasteiger partial charge in [0.1, 0.15) is 0 Å². The van der Waals surface area contributed by atoms with Gasteiger partial charge in [0.15, 0.2) is 0 Å². The molecule has 4 bridgehead atoms. The van der Waals surface area contributed by atoms with Gasteiger partial charge in [-0.15, -0.1) is 0 Å². The largest absolute Gasteiger partial charge is 0.389 e. The third kappa shape index (κ3) is 3.40. The van der Waals surface area contributed by atoms with Gasteiger partial charge in [-0.05, 0) is 81.1 Å². The Balaban J connectivity index is 1.72. The molecule has 4 aliphatic rings. The predicted molar refractivity (Wildman–Crippen MR) is 78.0 cm³/mol. The fourth-order valence-electron chi connectivity index (χ4n) is 5.86. The molecule has 0 aromatic rings. The van der Waals surface area contributed by atoms with Gasteiger partial charge >= 0.3 is 6.18 Å². The summed E-state index contributed by atoms with van der Waals surface area (Å²) in [6.07, 6.45) is 4.20. The van der Waals surface area contributed by atoms with Gasteiger partial charge in [-0.25, -0.2) is 0 Å². The van der Waals surface area contributed by atoms with E-state index in [1.165, 1.54) is 38.5 Å². The second-order valence-corrected chi connectivity index (χ2v) is 7.94. The summed E-state index contributed by atoms with van der Waals surface area (Å²) < 4.78 is 38.0. The molecule has 0 radical (unpaired) electrons. The average molecular weight is 303 g/mol. The van der Waals surface area contributed by atoms with Crippen molar-refractivity contribution in [3.63, 3.8) is 0 Å². The van der Waals surface area contributed by atoms with Crippen LogP contribution in [0, 0.1) is 23.2 Å². The Morgan fingerprint density at radius 2 is 1.57 bits per heavy atom. The van der Waals surface area contributed by atoms with E-state index in [9.17, 15) is 13.2 Å². The molecule has 1 nitrogen and oxygen atoms in total. The Hall–Kier alpha value is -0.250. The molecule has 1 unspecified atom stereocenters.